The third-order valence-electron chi connectivity index (χ3n) is 6.38. The smallest absolute Gasteiger partial charge is 0.263 e. The lowest BCUT2D eigenvalue weighted by Gasteiger charge is -2.41. The van der Waals surface area contributed by atoms with Gasteiger partial charge in [0.25, 0.3) is 5.91 Å². The Morgan fingerprint density at radius 1 is 1.07 bits per heavy atom. The molecule has 1 spiro atoms. The van der Waals surface area contributed by atoms with Gasteiger partial charge in [-0.1, -0.05) is 11.6 Å². The molecule has 0 bridgehead atoms. The van der Waals surface area contributed by atoms with Crippen LogP contribution in [0.15, 0.2) is 12.1 Å². The number of halogens is 2. The van der Waals surface area contributed by atoms with Gasteiger partial charge in [-0.05, 0) is 56.2 Å². The van der Waals surface area contributed by atoms with Crippen molar-refractivity contribution in [3.05, 3.63) is 21.3 Å². The molecule has 0 saturated carbocycles. The third kappa shape index (κ3) is 4.44. The highest BCUT2D eigenvalue weighted by atomic mass is 35.5. The van der Waals surface area contributed by atoms with E-state index in [1.165, 1.54) is 17.8 Å². The molecule has 4 rings (SSSR count). The van der Waals surface area contributed by atoms with Crippen LogP contribution in [0.1, 0.15) is 41.8 Å². The molecule has 0 atom stereocenters. The number of hydrogen-bond donors (Lipinski definition) is 1. The van der Waals surface area contributed by atoms with Crippen molar-refractivity contribution in [2.45, 2.75) is 32.1 Å². The van der Waals surface area contributed by atoms with Gasteiger partial charge in [0.05, 0.1) is 9.21 Å². The fourth-order valence-electron chi connectivity index (χ4n) is 4.60. The van der Waals surface area contributed by atoms with Crippen molar-refractivity contribution < 1.29 is 9.59 Å². The van der Waals surface area contributed by atoms with Crippen LogP contribution >= 0.6 is 35.3 Å². The molecule has 1 aromatic heterocycles. The predicted octanol–water partition coefficient (Wildman–Crippen LogP) is 3.28. The first-order valence-corrected chi connectivity index (χ1v) is 10.8. The Hall–Kier alpha value is -0.820. The summed E-state index contributed by atoms with van der Waals surface area (Å²) < 4.78 is 0.638. The summed E-state index contributed by atoms with van der Waals surface area (Å²) in [7, 11) is 0. The molecule has 0 unspecified atom stereocenters. The van der Waals surface area contributed by atoms with Crippen LogP contribution in [0.5, 0.6) is 0 Å². The average Bonchev–Trinajstić information content (AvgIpc) is 3.31. The standard InChI is InChI=1S/C19H26ClN3O2S.ClH/c20-16-2-1-15(26-16)18(25)22-9-3-14(4-10-22)17(24)23-11-6-19(7-12-23)5-8-21-13-19;/h1-2,14,21H,3-13H2;1H. The molecule has 3 saturated heterocycles. The topological polar surface area (TPSA) is 52.7 Å². The molecule has 0 aliphatic carbocycles. The summed E-state index contributed by atoms with van der Waals surface area (Å²) in [5, 5.41) is 3.47. The van der Waals surface area contributed by atoms with Gasteiger partial charge in [-0.3, -0.25) is 9.59 Å². The van der Waals surface area contributed by atoms with E-state index in [4.69, 9.17) is 11.6 Å². The number of carbonyl (C=O) groups excluding carboxylic acids is 2. The Morgan fingerprint density at radius 3 is 2.33 bits per heavy atom. The van der Waals surface area contributed by atoms with Crippen LogP contribution < -0.4 is 5.32 Å². The maximum Gasteiger partial charge on any atom is 0.263 e. The van der Waals surface area contributed by atoms with Crippen molar-refractivity contribution in [2.75, 3.05) is 39.3 Å². The first-order chi connectivity index (χ1) is 12.6. The quantitative estimate of drug-likeness (QED) is 0.781. The summed E-state index contributed by atoms with van der Waals surface area (Å²) in [4.78, 5) is 30.0. The molecule has 8 heteroatoms. The van der Waals surface area contributed by atoms with Crippen LogP contribution in [0.2, 0.25) is 4.34 Å². The number of likely N-dealkylation sites (tertiary alicyclic amines) is 2. The minimum absolute atomic E-state index is 0. The zero-order valence-corrected chi connectivity index (χ0v) is 17.8. The SMILES string of the molecule is Cl.O=C(c1ccc(Cl)s1)N1CCC(C(=O)N2CCC3(CCNC3)CC2)CC1. The Balaban J connectivity index is 0.00000210. The van der Waals surface area contributed by atoms with Crippen molar-refractivity contribution >= 4 is 47.2 Å². The van der Waals surface area contributed by atoms with Gasteiger partial charge in [-0.2, -0.15) is 0 Å². The lowest BCUT2D eigenvalue weighted by molar-refractivity contribution is -0.139. The van der Waals surface area contributed by atoms with Gasteiger partial charge in [-0.15, -0.1) is 23.7 Å². The fraction of sp³-hybridized carbons (Fsp3) is 0.684. The number of thiophene rings is 1. The first-order valence-electron chi connectivity index (χ1n) is 9.60. The van der Waals surface area contributed by atoms with Crippen LogP contribution in [0, 0.1) is 11.3 Å². The Morgan fingerprint density at radius 2 is 1.78 bits per heavy atom. The van der Waals surface area contributed by atoms with Crippen molar-refractivity contribution in [3.8, 4) is 0 Å². The van der Waals surface area contributed by atoms with Gasteiger partial charge in [0.1, 0.15) is 0 Å². The van der Waals surface area contributed by atoms with Gasteiger partial charge in [0.15, 0.2) is 0 Å². The molecule has 27 heavy (non-hydrogen) atoms. The Bertz CT molecular complexity index is 672. The highest BCUT2D eigenvalue weighted by molar-refractivity contribution is 7.17. The van der Waals surface area contributed by atoms with Crippen LogP contribution in [0.3, 0.4) is 0 Å². The second-order valence-corrected chi connectivity index (χ2v) is 9.64. The van der Waals surface area contributed by atoms with Crippen LogP contribution in [0.4, 0.5) is 0 Å². The molecule has 0 radical (unpaired) electrons. The van der Waals surface area contributed by atoms with E-state index in [1.54, 1.807) is 12.1 Å². The largest absolute Gasteiger partial charge is 0.342 e. The second kappa shape index (κ2) is 8.68. The lowest BCUT2D eigenvalue weighted by Crippen LogP contribution is -2.48. The Kier molecular flexibility index (Phi) is 6.72. The predicted molar refractivity (Wildman–Crippen MR) is 111 cm³/mol. The van der Waals surface area contributed by atoms with E-state index in [-0.39, 0.29) is 24.2 Å². The fourth-order valence-corrected chi connectivity index (χ4v) is 5.61. The lowest BCUT2D eigenvalue weighted by atomic mass is 9.77. The molecular weight excluding hydrogens is 405 g/mol. The Labute approximate surface area is 175 Å². The van der Waals surface area contributed by atoms with Crippen LogP contribution in [0.25, 0.3) is 0 Å². The molecule has 2 amide bonds. The van der Waals surface area contributed by atoms with Gasteiger partial charge < -0.3 is 15.1 Å². The van der Waals surface area contributed by atoms with Crippen molar-refractivity contribution in [2.24, 2.45) is 11.3 Å². The molecular formula is C19H27Cl2N3O2S. The minimum Gasteiger partial charge on any atom is -0.342 e. The summed E-state index contributed by atoms with van der Waals surface area (Å²) in [5.41, 5.74) is 0.439. The van der Waals surface area contributed by atoms with Gasteiger partial charge in [0.2, 0.25) is 5.91 Å². The monoisotopic (exact) mass is 431 g/mol. The number of nitrogens with one attached hydrogen (secondary N) is 1. The number of rotatable bonds is 2. The van der Waals surface area contributed by atoms with E-state index >= 15 is 0 Å². The van der Waals surface area contributed by atoms with E-state index in [0.29, 0.717) is 33.6 Å². The van der Waals surface area contributed by atoms with Gasteiger partial charge in [-0.25, -0.2) is 0 Å². The zero-order valence-electron chi connectivity index (χ0n) is 15.4. The molecule has 150 valence electrons. The highest BCUT2D eigenvalue weighted by Crippen LogP contribution is 2.37. The van der Waals surface area contributed by atoms with E-state index < -0.39 is 0 Å². The third-order valence-corrected chi connectivity index (χ3v) is 7.60. The normalized spacial score (nSPS) is 22.7. The number of hydrogen-bond acceptors (Lipinski definition) is 4. The van der Waals surface area contributed by atoms with Crippen molar-refractivity contribution in [3.63, 3.8) is 0 Å². The highest BCUT2D eigenvalue weighted by Gasteiger charge is 2.39. The van der Waals surface area contributed by atoms with Crippen molar-refractivity contribution in [1.82, 2.24) is 15.1 Å². The van der Waals surface area contributed by atoms with E-state index in [0.717, 1.165) is 51.9 Å². The summed E-state index contributed by atoms with van der Waals surface area (Å²) >= 11 is 7.26. The minimum atomic E-state index is 0. The number of carbonyl (C=O) groups is 2. The molecule has 3 aliphatic rings. The number of piperidine rings is 2. The van der Waals surface area contributed by atoms with E-state index in [9.17, 15) is 9.59 Å². The zero-order chi connectivity index (χ0) is 18.1. The maximum absolute atomic E-state index is 12.9. The molecule has 3 aliphatic heterocycles. The molecule has 5 nitrogen and oxygen atoms in total. The molecule has 0 aromatic carbocycles. The van der Waals surface area contributed by atoms with Crippen LogP contribution in [-0.4, -0.2) is 60.9 Å². The number of amides is 2. The molecule has 4 heterocycles. The van der Waals surface area contributed by atoms with Crippen molar-refractivity contribution in [1.29, 1.82) is 0 Å². The average molecular weight is 432 g/mol. The summed E-state index contributed by atoms with van der Waals surface area (Å²) in [6.07, 6.45) is 5.05. The number of nitrogens with zero attached hydrogens (tertiary/aromatic N) is 2. The van der Waals surface area contributed by atoms with E-state index in [2.05, 4.69) is 10.2 Å². The summed E-state index contributed by atoms with van der Waals surface area (Å²) in [5.74, 6) is 0.417. The molecule has 1 N–H and O–H groups in total. The first kappa shape index (κ1) is 20.9. The van der Waals surface area contributed by atoms with E-state index in [1.807, 2.05) is 4.90 Å². The van der Waals surface area contributed by atoms with Gasteiger partial charge >= 0.3 is 0 Å². The van der Waals surface area contributed by atoms with Gasteiger partial charge in [0, 0.05) is 38.6 Å². The summed E-state index contributed by atoms with van der Waals surface area (Å²) in [6.45, 7) is 5.35. The molecule has 3 fully saturated rings. The summed E-state index contributed by atoms with van der Waals surface area (Å²) in [6, 6.07) is 3.55. The molecule has 1 aromatic rings. The van der Waals surface area contributed by atoms with Crippen LogP contribution in [-0.2, 0) is 4.79 Å². The maximum atomic E-state index is 12.9. The second-order valence-electron chi connectivity index (χ2n) is 7.92.